The molecule has 0 fully saturated rings. The highest BCUT2D eigenvalue weighted by Crippen LogP contribution is 2.22. The summed E-state index contributed by atoms with van der Waals surface area (Å²) in [6.45, 7) is 9.70. The maximum Gasteiger partial charge on any atom is 0.346 e. The number of ketones is 1. The molecule has 0 aromatic carbocycles. The zero-order valence-electron chi connectivity index (χ0n) is 11.5. The summed E-state index contributed by atoms with van der Waals surface area (Å²) < 4.78 is 4.93. The topological polar surface area (TPSA) is 64.6 Å². The highest BCUT2D eigenvalue weighted by Gasteiger charge is 2.27. The molecule has 19 heavy (non-hydrogen) atoms. The van der Waals surface area contributed by atoms with Crippen molar-refractivity contribution >= 4 is 11.8 Å². The van der Waals surface area contributed by atoms with E-state index in [1.807, 2.05) is 13.8 Å². The predicted molar refractivity (Wildman–Crippen MR) is 70.9 cm³/mol. The molecule has 0 aliphatic carbocycles. The highest BCUT2D eigenvalue weighted by atomic mass is 16.6. The largest absolute Gasteiger partial charge is 0.428 e. The summed E-state index contributed by atoms with van der Waals surface area (Å²) in [5, 5.41) is 0. The first kappa shape index (κ1) is 15.3. The van der Waals surface area contributed by atoms with Gasteiger partial charge in [-0.05, 0) is 12.3 Å². The van der Waals surface area contributed by atoms with E-state index >= 15 is 0 Å². The van der Waals surface area contributed by atoms with Gasteiger partial charge in [0.1, 0.15) is 11.3 Å². The van der Waals surface area contributed by atoms with Gasteiger partial charge in [-0.25, -0.2) is 10.3 Å². The molecule has 5 nitrogen and oxygen atoms in total. The first-order chi connectivity index (χ1) is 8.85. The van der Waals surface area contributed by atoms with Crippen LogP contribution in [-0.4, -0.2) is 24.9 Å². The van der Waals surface area contributed by atoms with Crippen molar-refractivity contribution in [2.45, 2.75) is 20.8 Å². The third-order valence-corrected chi connectivity index (χ3v) is 2.44. The molecule has 0 amide bonds. The van der Waals surface area contributed by atoms with Crippen LogP contribution in [0.2, 0.25) is 0 Å². The normalized spacial score (nSPS) is 18.3. The fraction of sp³-hybridized carbons (Fsp3) is 0.429. The lowest BCUT2D eigenvalue weighted by molar-refractivity contribution is -0.137. The number of hydrogen-bond acceptors (Lipinski definition) is 5. The van der Waals surface area contributed by atoms with Crippen LogP contribution in [0.5, 0.6) is 0 Å². The Bertz CT molecular complexity index is 446. The first-order valence-corrected chi connectivity index (χ1v) is 5.99. The Morgan fingerprint density at radius 2 is 2.16 bits per heavy atom. The van der Waals surface area contributed by atoms with E-state index in [0.717, 1.165) is 0 Å². The number of carbonyl (C=O) groups excluding carboxylic acids is 2. The minimum Gasteiger partial charge on any atom is -0.428 e. The van der Waals surface area contributed by atoms with Crippen molar-refractivity contribution in [3.63, 3.8) is 0 Å². The standard InChI is InChI=1S/C14H19NO4/c1-5-6-18-15-9-14(3,4)8-11-12(16)7-10(2)19-13(11)17/h5,7-8,15H,1,6,9H2,2-4H3. The van der Waals surface area contributed by atoms with E-state index in [4.69, 9.17) is 9.57 Å². The van der Waals surface area contributed by atoms with Gasteiger partial charge in [-0.2, -0.15) is 0 Å². The van der Waals surface area contributed by atoms with Crippen LogP contribution in [0.1, 0.15) is 20.8 Å². The SMILES string of the molecule is C=CCONCC(C)(C)C=C1C(=O)C=C(C)OC1=O. The molecule has 0 saturated carbocycles. The van der Waals surface area contributed by atoms with Crippen molar-refractivity contribution in [3.8, 4) is 0 Å². The molecule has 0 spiro atoms. The molecule has 0 atom stereocenters. The molecule has 0 aromatic rings. The molecule has 1 rings (SSSR count). The molecular weight excluding hydrogens is 246 g/mol. The van der Waals surface area contributed by atoms with E-state index in [1.54, 1.807) is 19.1 Å². The summed E-state index contributed by atoms with van der Waals surface area (Å²) in [4.78, 5) is 28.5. The summed E-state index contributed by atoms with van der Waals surface area (Å²) in [5.74, 6) is -0.615. The number of esters is 1. The van der Waals surface area contributed by atoms with Crippen molar-refractivity contribution < 1.29 is 19.2 Å². The minimum absolute atomic E-state index is 0.0566. The quantitative estimate of drug-likeness (QED) is 0.198. The van der Waals surface area contributed by atoms with Crippen LogP contribution in [0, 0.1) is 5.41 Å². The Hall–Kier alpha value is -1.72. The summed E-state index contributed by atoms with van der Waals surface area (Å²) in [5.41, 5.74) is 2.39. The van der Waals surface area contributed by atoms with Crippen LogP contribution in [0.3, 0.4) is 0 Å². The van der Waals surface area contributed by atoms with Crippen LogP contribution in [0.4, 0.5) is 0 Å². The number of rotatable bonds is 6. The minimum atomic E-state index is -0.606. The third kappa shape index (κ3) is 4.81. The first-order valence-electron chi connectivity index (χ1n) is 5.99. The number of carbonyl (C=O) groups is 2. The van der Waals surface area contributed by atoms with E-state index < -0.39 is 11.4 Å². The van der Waals surface area contributed by atoms with E-state index in [2.05, 4.69) is 12.1 Å². The van der Waals surface area contributed by atoms with Crippen molar-refractivity contribution in [1.29, 1.82) is 0 Å². The fourth-order valence-corrected chi connectivity index (χ4v) is 1.52. The van der Waals surface area contributed by atoms with E-state index in [-0.39, 0.29) is 11.4 Å². The number of ether oxygens (including phenoxy) is 1. The maximum absolute atomic E-state index is 11.8. The number of allylic oxidation sites excluding steroid dienone is 2. The lowest BCUT2D eigenvalue weighted by atomic mass is 9.89. The molecule has 0 aromatic heterocycles. The van der Waals surface area contributed by atoms with E-state index in [1.165, 1.54) is 6.08 Å². The summed E-state index contributed by atoms with van der Waals surface area (Å²) in [7, 11) is 0. The number of nitrogens with one attached hydrogen (secondary N) is 1. The van der Waals surface area contributed by atoms with E-state index in [0.29, 0.717) is 18.9 Å². The molecule has 1 aliphatic rings. The van der Waals surface area contributed by atoms with Gasteiger partial charge in [-0.3, -0.25) is 9.63 Å². The van der Waals surface area contributed by atoms with Gasteiger partial charge in [0.05, 0.1) is 6.61 Å². The number of cyclic esters (lactones) is 1. The Balaban J connectivity index is 2.73. The van der Waals surface area contributed by atoms with Gasteiger partial charge in [0.25, 0.3) is 0 Å². The molecule has 5 heteroatoms. The Kier molecular flexibility index (Phi) is 5.20. The highest BCUT2D eigenvalue weighted by molar-refractivity contribution is 6.23. The lowest BCUT2D eigenvalue weighted by Gasteiger charge is -2.22. The van der Waals surface area contributed by atoms with Crippen LogP contribution < -0.4 is 5.48 Å². The second kappa shape index (κ2) is 6.45. The molecule has 104 valence electrons. The van der Waals surface area contributed by atoms with Crippen molar-refractivity contribution in [1.82, 2.24) is 5.48 Å². The van der Waals surface area contributed by atoms with Gasteiger partial charge >= 0.3 is 5.97 Å². The lowest BCUT2D eigenvalue weighted by Crippen LogP contribution is -2.30. The fourth-order valence-electron chi connectivity index (χ4n) is 1.52. The molecule has 0 saturated heterocycles. The Morgan fingerprint density at radius 1 is 1.47 bits per heavy atom. The molecule has 1 heterocycles. The Morgan fingerprint density at radius 3 is 2.74 bits per heavy atom. The number of hydrogen-bond donors (Lipinski definition) is 1. The second-order valence-electron chi connectivity index (χ2n) is 4.98. The zero-order valence-corrected chi connectivity index (χ0v) is 11.5. The van der Waals surface area contributed by atoms with Gasteiger partial charge in [-0.15, -0.1) is 6.58 Å². The maximum atomic E-state index is 11.8. The van der Waals surface area contributed by atoms with Crippen LogP contribution in [0.25, 0.3) is 0 Å². The van der Waals surface area contributed by atoms with Crippen molar-refractivity contribution in [2.24, 2.45) is 5.41 Å². The van der Waals surface area contributed by atoms with Gasteiger partial charge < -0.3 is 4.74 Å². The van der Waals surface area contributed by atoms with Crippen LogP contribution in [0.15, 0.2) is 36.1 Å². The molecule has 1 aliphatic heterocycles. The average molecular weight is 265 g/mol. The molecule has 0 bridgehead atoms. The molecule has 0 unspecified atom stereocenters. The smallest absolute Gasteiger partial charge is 0.346 e. The van der Waals surface area contributed by atoms with Gasteiger partial charge in [-0.1, -0.05) is 26.0 Å². The zero-order chi connectivity index (χ0) is 14.5. The van der Waals surface area contributed by atoms with Gasteiger partial charge in [0.15, 0.2) is 5.78 Å². The summed E-state index contributed by atoms with van der Waals surface area (Å²) in [6, 6.07) is 0. The van der Waals surface area contributed by atoms with Gasteiger partial charge in [0.2, 0.25) is 0 Å². The predicted octanol–water partition coefficient (Wildman–Crippen LogP) is 1.68. The van der Waals surface area contributed by atoms with Crippen molar-refractivity contribution in [3.05, 3.63) is 36.1 Å². The Labute approximate surface area is 112 Å². The third-order valence-electron chi connectivity index (χ3n) is 2.44. The van der Waals surface area contributed by atoms with Crippen molar-refractivity contribution in [2.75, 3.05) is 13.2 Å². The summed E-state index contributed by atoms with van der Waals surface area (Å²) >= 11 is 0. The molecular formula is C14H19NO4. The van der Waals surface area contributed by atoms with Crippen LogP contribution >= 0.6 is 0 Å². The number of hydroxylamine groups is 1. The summed E-state index contributed by atoms with van der Waals surface area (Å²) in [6.07, 6.45) is 4.53. The van der Waals surface area contributed by atoms with Gasteiger partial charge in [0, 0.05) is 12.6 Å². The average Bonchev–Trinajstić information content (AvgIpc) is 2.29. The van der Waals surface area contributed by atoms with Crippen LogP contribution in [-0.2, 0) is 19.2 Å². The molecule has 1 N–H and O–H groups in total. The van der Waals surface area contributed by atoms with E-state index in [9.17, 15) is 9.59 Å². The molecule has 0 radical (unpaired) electrons. The monoisotopic (exact) mass is 265 g/mol. The second-order valence-corrected chi connectivity index (χ2v) is 4.98.